The summed E-state index contributed by atoms with van der Waals surface area (Å²) in [7, 11) is 0. The lowest BCUT2D eigenvalue weighted by Crippen LogP contribution is -2.14. The Bertz CT molecular complexity index is 689. The Morgan fingerprint density at radius 2 is 1.95 bits per heavy atom. The lowest BCUT2D eigenvalue weighted by Gasteiger charge is -2.09. The van der Waals surface area contributed by atoms with Crippen LogP contribution in [0.2, 0.25) is 0 Å². The van der Waals surface area contributed by atoms with Gasteiger partial charge in [0.25, 0.3) is 5.91 Å². The molecule has 1 amide bonds. The van der Waals surface area contributed by atoms with E-state index in [2.05, 4.69) is 21.2 Å². The van der Waals surface area contributed by atoms with Crippen molar-refractivity contribution in [3.05, 3.63) is 57.6 Å². The van der Waals surface area contributed by atoms with E-state index < -0.39 is 23.2 Å². The molecule has 104 valence electrons. The van der Waals surface area contributed by atoms with Gasteiger partial charge in [-0.3, -0.25) is 4.79 Å². The number of anilines is 1. The van der Waals surface area contributed by atoms with E-state index in [1.54, 1.807) is 0 Å². The molecule has 0 aliphatic heterocycles. The Morgan fingerprint density at radius 1 is 1.25 bits per heavy atom. The highest BCUT2D eigenvalue weighted by molar-refractivity contribution is 9.10. The summed E-state index contributed by atoms with van der Waals surface area (Å²) >= 11 is 3.08. The highest BCUT2D eigenvalue weighted by atomic mass is 79.9. The number of hydrogen-bond acceptors (Lipinski definition) is 2. The van der Waals surface area contributed by atoms with Crippen LogP contribution in [-0.4, -0.2) is 11.0 Å². The Labute approximate surface area is 122 Å². The van der Waals surface area contributed by atoms with Crippen molar-refractivity contribution in [3.63, 3.8) is 0 Å². The molecule has 0 bridgehead atoms. The highest BCUT2D eigenvalue weighted by Crippen LogP contribution is 2.26. The van der Waals surface area contributed by atoms with Crippen molar-refractivity contribution in [2.75, 3.05) is 5.32 Å². The Balaban J connectivity index is 2.32. The van der Waals surface area contributed by atoms with Gasteiger partial charge in [-0.05, 0) is 52.7 Å². The molecular weight excluding hydrogens is 332 g/mol. The number of phenols is 1. The minimum Gasteiger partial charge on any atom is -0.507 e. The molecule has 0 unspecified atom stereocenters. The molecule has 2 rings (SSSR count). The lowest BCUT2D eigenvalue weighted by molar-refractivity contribution is 0.102. The number of phenolic OH excluding ortho intramolecular Hbond substituents is 1. The summed E-state index contributed by atoms with van der Waals surface area (Å²) in [6.45, 7) is 1.47. The van der Waals surface area contributed by atoms with E-state index >= 15 is 0 Å². The molecule has 0 spiro atoms. The van der Waals surface area contributed by atoms with Gasteiger partial charge in [0.1, 0.15) is 17.3 Å². The molecule has 3 nitrogen and oxygen atoms in total. The Kier molecular flexibility index (Phi) is 4.04. The molecular formula is C14H10BrF2NO2. The summed E-state index contributed by atoms with van der Waals surface area (Å²) in [5.41, 5.74) is -0.191. The average Bonchev–Trinajstić information content (AvgIpc) is 2.42. The Hall–Kier alpha value is -1.95. The first kappa shape index (κ1) is 14.5. The van der Waals surface area contributed by atoms with E-state index in [0.717, 1.165) is 6.07 Å². The normalized spacial score (nSPS) is 10.4. The number of nitrogens with one attached hydrogen (secondary N) is 1. The molecule has 0 radical (unpaired) electrons. The number of aromatic hydroxyl groups is 1. The van der Waals surface area contributed by atoms with Crippen LogP contribution in [0.4, 0.5) is 14.5 Å². The van der Waals surface area contributed by atoms with Gasteiger partial charge in [0.15, 0.2) is 5.82 Å². The molecule has 0 atom stereocenters. The number of carbonyl (C=O) groups is 1. The zero-order chi connectivity index (χ0) is 14.9. The van der Waals surface area contributed by atoms with E-state index in [0.29, 0.717) is 4.47 Å². The Morgan fingerprint density at radius 3 is 2.60 bits per heavy atom. The molecule has 0 aromatic heterocycles. The minimum atomic E-state index is -0.859. The van der Waals surface area contributed by atoms with Crippen molar-refractivity contribution < 1.29 is 18.7 Å². The van der Waals surface area contributed by atoms with Gasteiger partial charge < -0.3 is 10.4 Å². The molecule has 0 saturated carbocycles. The molecule has 2 aromatic rings. The first-order chi connectivity index (χ1) is 9.40. The number of halogens is 3. The molecule has 0 saturated heterocycles. The van der Waals surface area contributed by atoms with E-state index in [1.807, 2.05) is 0 Å². The fourth-order valence-corrected chi connectivity index (χ4v) is 1.86. The maximum atomic E-state index is 13.8. The maximum absolute atomic E-state index is 13.8. The van der Waals surface area contributed by atoms with Gasteiger partial charge in [-0.25, -0.2) is 8.78 Å². The monoisotopic (exact) mass is 341 g/mol. The number of benzene rings is 2. The SMILES string of the molecule is Cc1ccc(F)c(NC(=O)c2ccc(Br)c(O)c2)c1F. The van der Waals surface area contributed by atoms with E-state index in [-0.39, 0.29) is 16.9 Å². The summed E-state index contributed by atoms with van der Waals surface area (Å²) in [6, 6.07) is 6.45. The van der Waals surface area contributed by atoms with Crippen molar-refractivity contribution >= 4 is 27.5 Å². The molecule has 2 N–H and O–H groups in total. The van der Waals surface area contributed by atoms with Gasteiger partial charge in [-0.1, -0.05) is 6.07 Å². The van der Waals surface area contributed by atoms with Crippen molar-refractivity contribution in [2.45, 2.75) is 6.92 Å². The first-order valence-electron chi connectivity index (χ1n) is 5.64. The van der Waals surface area contributed by atoms with Crippen LogP contribution in [0.15, 0.2) is 34.8 Å². The van der Waals surface area contributed by atoms with Crippen LogP contribution in [0.3, 0.4) is 0 Å². The highest BCUT2D eigenvalue weighted by Gasteiger charge is 2.16. The smallest absolute Gasteiger partial charge is 0.255 e. The summed E-state index contributed by atoms with van der Waals surface area (Å²) in [4.78, 5) is 11.9. The van der Waals surface area contributed by atoms with Crippen LogP contribution < -0.4 is 5.32 Å². The third-order valence-corrected chi connectivity index (χ3v) is 3.40. The van der Waals surface area contributed by atoms with Crippen LogP contribution in [0.1, 0.15) is 15.9 Å². The molecule has 0 aliphatic rings. The second-order valence-corrected chi connectivity index (χ2v) is 5.03. The van der Waals surface area contributed by atoms with Crippen molar-refractivity contribution in [2.24, 2.45) is 0 Å². The van der Waals surface area contributed by atoms with Crippen LogP contribution in [0.25, 0.3) is 0 Å². The van der Waals surface area contributed by atoms with Gasteiger partial charge in [-0.15, -0.1) is 0 Å². The van der Waals surface area contributed by atoms with Gasteiger partial charge in [-0.2, -0.15) is 0 Å². The topological polar surface area (TPSA) is 49.3 Å². The molecule has 2 aromatic carbocycles. The van der Waals surface area contributed by atoms with E-state index in [1.165, 1.54) is 31.2 Å². The summed E-state index contributed by atoms with van der Waals surface area (Å²) in [5.74, 6) is -2.53. The maximum Gasteiger partial charge on any atom is 0.255 e. The van der Waals surface area contributed by atoms with Gasteiger partial charge in [0, 0.05) is 5.56 Å². The summed E-state index contributed by atoms with van der Waals surface area (Å²) in [6.07, 6.45) is 0. The quantitative estimate of drug-likeness (QED) is 0.867. The van der Waals surface area contributed by atoms with Crippen LogP contribution in [-0.2, 0) is 0 Å². The number of rotatable bonds is 2. The zero-order valence-electron chi connectivity index (χ0n) is 10.4. The predicted octanol–water partition coefficient (Wildman–Crippen LogP) is 3.99. The standard InChI is InChI=1S/C14H10BrF2NO2/c1-7-2-5-10(16)13(12(7)17)18-14(20)8-3-4-9(15)11(19)6-8/h2-6,19H,1H3,(H,18,20). The van der Waals surface area contributed by atoms with Crippen LogP contribution in [0.5, 0.6) is 5.75 Å². The number of aryl methyl sites for hydroxylation is 1. The molecule has 0 aliphatic carbocycles. The number of hydrogen-bond donors (Lipinski definition) is 2. The summed E-state index contributed by atoms with van der Waals surface area (Å²) in [5, 5.41) is 11.7. The van der Waals surface area contributed by atoms with Gasteiger partial charge in [0.05, 0.1) is 4.47 Å². The zero-order valence-corrected chi connectivity index (χ0v) is 12.0. The largest absolute Gasteiger partial charge is 0.507 e. The first-order valence-corrected chi connectivity index (χ1v) is 6.44. The number of amides is 1. The van der Waals surface area contributed by atoms with Crippen molar-refractivity contribution in [1.29, 1.82) is 0 Å². The fraction of sp³-hybridized carbons (Fsp3) is 0.0714. The van der Waals surface area contributed by atoms with Crippen LogP contribution >= 0.6 is 15.9 Å². The minimum absolute atomic E-state index is 0.0889. The van der Waals surface area contributed by atoms with Crippen molar-refractivity contribution in [1.82, 2.24) is 0 Å². The lowest BCUT2D eigenvalue weighted by atomic mass is 10.1. The van der Waals surface area contributed by atoms with Crippen molar-refractivity contribution in [3.8, 4) is 5.75 Å². The van der Waals surface area contributed by atoms with E-state index in [9.17, 15) is 18.7 Å². The van der Waals surface area contributed by atoms with Gasteiger partial charge in [0.2, 0.25) is 0 Å². The fourth-order valence-electron chi connectivity index (χ4n) is 1.61. The van der Waals surface area contributed by atoms with Crippen LogP contribution in [0, 0.1) is 18.6 Å². The second kappa shape index (κ2) is 5.58. The second-order valence-electron chi connectivity index (χ2n) is 4.17. The molecule has 20 heavy (non-hydrogen) atoms. The third kappa shape index (κ3) is 2.80. The molecule has 0 heterocycles. The predicted molar refractivity (Wildman–Crippen MR) is 74.9 cm³/mol. The third-order valence-electron chi connectivity index (χ3n) is 2.73. The molecule has 0 fully saturated rings. The van der Waals surface area contributed by atoms with E-state index in [4.69, 9.17) is 0 Å². The average molecular weight is 342 g/mol. The van der Waals surface area contributed by atoms with Gasteiger partial charge >= 0.3 is 0 Å². The summed E-state index contributed by atoms with van der Waals surface area (Å²) < 4.78 is 27.7. The number of carbonyl (C=O) groups excluding carboxylic acids is 1. The molecule has 6 heteroatoms.